The monoisotopic (exact) mass is 201 g/mol. The number of hydrogen-bond donors (Lipinski definition) is 1. The molecule has 15 heavy (non-hydrogen) atoms. The van der Waals surface area contributed by atoms with Crippen molar-refractivity contribution in [1.29, 1.82) is 0 Å². The number of nitrogens with one attached hydrogen (secondary N) is 1. The van der Waals surface area contributed by atoms with Gasteiger partial charge in [0.2, 0.25) is 0 Å². The summed E-state index contributed by atoms with van der Waals surface area (Å²) in [7, 11) is 2.07. The molecular weight excluding hydrogens is 182 g/mol. The average molecular weight is 201 g/mol. The quantitative estimate of drug-likeness (QED) is 0.792. The highest BCUT2D eigenvalue weighted by Gasteiger charge is 2.30. The number of rotatable bonds is 3. The van der Waals surface area contributed by atoms with Crippen molar-refractivity contribution in [2.24, 2.45) is 0 Å². The summed E-state index contributed by atoms with van der Waals surface area (Å²) < 4.78 is 0. The molecule has 0 unspecified atom stereocenters. The van der Waals surface area contributed by atoms with E-state index in [0.717, 1.165) is 17.9 Å². The van der Waals surface area contributed by atoms with E-state index in [1.807, 2.05) is 0 Å². The Morgan fingerprint density at radius 2 is 1.73 bits per heavy atom. The van der Waals surface area contributed by atoms with Crippen LogP contribution < -0.4 is 5.32 Å². The molecule has 0 spiro atoms. The van der Waals surface area contributed by atoms with Crippen LogP contribution in [0.1, 0.15) is 48.6 Å². The Morgan fingerprint density at radius 3 is 2.33 bits per heavy atom. The molecule has 3 rings (SSSR count). The summed E-state index contributed by atoms with van der Waals surface area (Å²) in [4.78, 5) is 0. The zero-order valence-electron chi connectivity index (χ0n) is 9.37. The SMILES string of the molecule is CNC1CC(c2cccc(C3CC3)c2)C1. The topological polar surface area (TPSA) is 12.0 Å². The Morgan fingerprint density at radius 1 is 1.07 bits per heavy atom. The third-order valence-corrected chi connectivity index (χ3v) is 3.98. The largest absolute Gasteiger partial charge is 0.317 e. The van der Waals surface area contributed by atoms with E-state index in [-0.39, 0.29) is 0 Å². The first-order valence-corrected chi connectivity index (χ1v) is 6.14. The van der Waals surface area contributed by atoms with Gasteiger partial charge in [-0.15, -0.1) is 0 Å². The van der Waals surface area contributed by atoms with Crippen molar-refractivity contribution in [2.45, 2.75) is 43.6 Å². The molecular formula is C14H19N. The second kappa shape index (κ2) is 3.64. The van der Waals surface area contributed by atoms with Crippen LogP contribution in [0, 0.1) is 0 Å². The zero-order valence-corrected chi connectivity index (χ0v) is 9.37. The third kappa shape index (κ3) is 1.81. The average Bonchev–Trinajstić information content (AvgIpc) is 3.00. The van der Waals surface area contributed by atoms with Crippen molar-refractivity contribution in [1.82, 2.24) is 5.32 Å². The van der Waals surface area contributed by atoms with Gasteiger partial charge in [0, 0.05) is 6.04 Å². The summed E-state index contributed by atoms with van der Waals surface area (Å²) in [6.45, 7) is 0. The van der Waals surface area contributed by atoms with Gasteiger partial charge >= 0.3 is 0 Å². The van der Waals surface area contributed by atoms with Crippen LogP contribution in [0.3, 0.4) is 0 Å². The van der Waals surface area contributed by atoms with Crippen molar-refractivity contribution in [3.8, 4) is 0 Å². The number of benzene rings is 1. The summed E-state index contributed by atoms with van der Waals surface area (Å²) in [6, 6.07) is 10.1. The maximum absolute atomic E-state index is 3.35. The first-order chi connectivity index (χ1) is 7.36. The van der Waals surface area contributed by atoms with Crippen LogP contribution >= 0.6 is 0 Å². The molecule has 0 bridgehead atoms. The molecule has 1 aromatic carbocycles. The van der Waals surface area contributed by atoms with Crippen molar-refractivity contribution in [2.75, 3.05) is 7.05 Å². The molecule has 0 aliphatic heterocycles. The van der Waals surface area contributed by atoms with Gasteiger partial charge in [-0.3, -0.25) is 0 Å². The van der Waals surface area contributed by atoms with Crippen molar-refractivity contribution >= 4 is 0 Å². The molecule has 1 nitrogen and oxygen atoms in total. The molecule has 0 atom stereocenters. The van der Waals surface area contributed by atoms with Crippen LogP contribution in [0.4, 0.5) is 0 Å². The second-order valence-corrected chi connectivity index (χ2v) is 5.10. The second-order valence-electron chi connectivity index (χ2n) is 5.10. The van der Waals surface area contributed by atoms with Crippen molar-refractivity contribution in [3.63, 3.8) is 0 Å². The minimum Gasteiger partial charge on any atom is -0.317 e. The standard InChI is InChI=1S/C14H19N/c1-15-14-8-13(9-14)12-4-2-3-11(7-12)10-5-6-10/h2-4,7,10,13-15H,5-6,8-9H2,1H3. The van der Waals surface area contributed by atoms with Gasteiger partial charge in [-0.25, -0.2) is 0 Å². The Balaban J connectivity index is 1.72. The fourth-order valence-corrected chi connectivity index (χ4v) is 2.61. The molecule has 0 heterocycles. The van der Waals surface area contributed by atoms with Crippen LogP contribution in [-0.2, 0) is 0 Å². The lowest BCUT2D eigenvalue weighted by Crippen LogP contribution is -2.37. The van der Waals surface area contributed by atoms with E-state index in [4.69, 9.17) is 0 Å². The Kier molecular flexibility index (Phi) is 2.28. The molecule has 0 aromatic heterocycles. The minimum atomic E-state index is 0.764. The Hall–Kier alpha value is -0.820. The van der Waals surface area contributed by atoms with E-state index in [9.17, 15) is 0 Å². The highest BCUT2D eigenvalue weighted by Crippen LogP contribution is 2.42. The van der Waals surface area contributed by atoms with Gasteiger partial charge in [0.05, 0.1) is 0 Å². The zero-order chi connectivity index (χ0) is 10.3. The van der Waals surface area contributed by atoms with Crippen LogP contribution in [-0.4, -0.2) is 13.1 Å². The van der Waals surface area contributed by atoms with Crippen LogP contribution in [0.5, 0.6) is 0 Å². The summed E-state index contributed by atoms with van der Waals surface area (Å²) in [5, 5.41) is 3.35. The fraction of sp³-hybridized carbons (Fsp3) is 0.571. The van der Waals surface area contributed by atoms with Gasteiger partial charge < -0.3 is 5.32 Å². The van der Waals surface area contributed by atoms with E-state index >= 15 is 0 Å². The number of hydrogen-bond acceptors (Lipinski definition) is 1. The molecule has 1 aromatic rings. The van der Waals surface area contributed by atoms with E-state index in [2.05, 4.69) is 36.6 Å². The molecule has 0 amide bonds. The first kappa shape index (κ1) is 9.41. The van der Waals surface area contributed by atoms with Gasteiger partial charge in [0.1, 0.15) is 0 Å². The van der Waals surface area contributed by atoms with Crippen LogP contribution in [0.15, 0.2) is 24.3 Å². The predicted molar refractivity (Wildman–Crippen MR) is 63.2 cm³/mol. The maximum atomic E-state index is 3.35. The maximum Gasteiger partial charge on any atom is 0.00757 e. The van der Waals surface area contributed by atoms with Gasteiger partial charge in [0.25, 0.3) is 0 Å². The van der Waals surface area contributed by atoms with Crippen molar-refractivity contribution < 1.29 is 0 Å². The molecule has 80 valence electrons. The molecule has 0 radical (unpaired) electrons. The molecule has 2 aliphatic rings. The molecule has 1 N–H and O–H groups in total. The summed E-state index contributed by atoms with van der Waals surface area (Å²) >= 11 is 0. The van der Waals surface area contributed by atoms with Gasteiger partial charge in [-0.05, 0) is 55.7 Å². The molecule has 0 saturated heterocycles. The van der Waals surface area contributed by atoms with Crippen LogP contribution in [0.25, 0.3) is 0 Å². The molecule has 2 fully saturated rings. The van der Waals surface area contributed by atoms with Gasteiger partial charge in [-0.2, -0.15) is 0 Å². The lowest BCUT2D eigenvalue weighted by atomic mass is 9.75. The van der Waals surface area contributed by atoms with Crippen molar-refractivity contribution in [3.05, 3.63) is 35.4 Å². The summed E-state index contributed by atoms with van der Waals surface area (Å²) in [6.07, 6.45) is 5.47. The summed E-state index contributed by atoms with van der Waals surface area (Å²) in [5.74, 6) is 1.71. The Labute approximate surface area is 91.9 Å². The van der Waals surface area contributed by atoms with Crippen LogP contribution in [0.2, 0.25) is 0 Å². The normalized spacial score (nSPS) is 29.9. The highest BCUT2D eigenvalue weighted by atomic mass is 14.9. The third-order valence-electron chi connectivity index (χ3n) is 3.98. The first-order valence-electron chi connectivity index (χ1n) is 6.14. The van der Waals surface area contributed by atoms with E-state index < -0.39 is 0 Å². The Bertz CT molecular complexity index is 348. The molecule has 1 heteroatoms. The van der Waals surface area contributed by atoms with E-state index in [0.29, 0.717) is 0 Å². The predicted octanol–water partition coefficient (Wildman–Crippen LogP) is 3.03. The highest BCUT2D eigenvalue weighted by molar-refractivity contribution is 5.32. The lowest BCUT2D eigenvalue weighted by molar-refractivity contribution is 0.307. The minimum absolute atomic E-state index is 0.764. The van der Waals surface area contributed by atoms with E-state index in [1.54, 1.807) is 11.1 Å². The van der Waals surface area contributed by atoms with Gasteiger partial charge in [-0.1, -0.05) is 24.3 Å². The van der Waals surface area contributed by atoms with E-state index in [1.165, 1.54) is 25.7 Å². The smallest absolute Gasteiger partial charge is 0.00757 e. The molecule has 2 saturated carbocycles. The lowest BCUT2D eigenvalue weighted by Gasteiger charge is -2.35. The molecule has 2 aliphatic carbocycles. The van der Waals surface area contributed by atoms with Gasteiger partial charge in [0.15, 0.2) is 0 Å². The fourth-order valence-electron chi connectivity index (χ4n) is 2.61. The summed E-state index contributed by atoms with van der Waals surface area (Å²) in [5.41, 5.74) is 3.16.